The molecule has 0 aliphatic rings. The average Bonchev–Trinajstić information content (AvgIpc) is 2.91. The lowest BCUT2D eigenvalue weighted by atomic mass is 10.3. The third kappa shape index (κ3) is 3.49. The highest BCUT2D eigenvalue weighted by Gasteiger charge is 2.12. The van der Waals surface area contributed by atoms with Gasteiger partial charge in [0.05, 0.1) is 18.7 Å². The zero-order valence-electron chi connectivity index (χ0n) is 10.4. The molecule has 1 atom stereocenters. The Morgan fingerprint density at radius 1 is 1.47 bits per heavy atom. The summed E-state index contributed by atoms with van der Waals surface area (Å²) in [7, 11) is 0. The fraction of sp³-hybridized carbons (Fsp3) is 0.273. The molecule has 2 rings (SSSR count). The van der Waals surface area contributed by atoms with Gasteiger partial charge in [-0.1, -0.05) is 0 Å². The van der Waals surface area contributed by atoms with Crippen molar-refractivity contribution in [3.8, 4) is 0 Å². The molecule has 100 valence electrons. The molecule has 1 amide bonds. The number of hydrogen-bond donors (Lipinski definition) is 3. The number of carbonyl (C=O) groups excluding carboxylic acids is 1. The van der Waals surface area contributed by atoms with Gasteiger partial charge in [-0.15, -0.1) is 0 Å². The molecule has 0 radical (unpaired) electrons. The SMILES string of the molecule is CC(Cn1ccnc1)NC(=O)c1cncc(NN)n1. The van der Waals surface area contributed by atoms with Crippen LogP contribution >= 0.6 is 0 Å². The first-order valence-electron chi connectivity index (χ1n) is 5.74. The minimum absolute atomic E-state index is 0.0574. The number of rotatable bonds is 5. The second kappa shape index (κ2) is 5.91. The maximum absolute atomic E-state index is 11.9. The highest BCUT2D eigenvalue weighted by molar-refractivity contribution is 5.92. The van der Waals surface area contributed by atoms with Crippen molar-refractivity contribution < 1.29 is 4.79 Å². The molecule has 8 nitrogen and oxygen atoms in total. The highest BCUT2D eigenvalue weighted by Crippen LogP contribution is 2.01. The van der Waals surface area contributed by atoms with Crippen molar-refractivity contribution in [1.29, 1.82) is 0 Å². The van der Waals surface area contributed by atoms with Crippen molar-refractivity contribution in [1.82, 2.24) is 24.8 Å². The molecule has 2 aromatic heterocycles. The number of nitrogen functional groups attached to an aromatic ring is 1. The second-order valence-corrected chi connectivity index (χ2v) is 4.07. The molecule has 2 heterocycles. The molecule has 0 aliphatic heterocycles. The van der Waals surface area contributed by atoms with Crippen LogP contribution in [0.5, 0.6) is 0 Å². The first-order valence-corrected chi connectivity index (χ1v) is 5.74. The van der Waals surface area contributed by atoms with Gasteiger partial charge in [0.2, 0.25) is 0 Å². The van der Waals surface area contributed by atoms with Crippen LogP contribution in [0.3, 0.4) is 0 Å². The molecule has 0 saturated heterocycles. The van der Waals surface area contributed by atoms with Gasteiger partial charge in [0.25, 0.3) is 5.91 Å². The van der Waals surface area contributed by atoms with Gasteiger partial charge >= 0.3 is 0 Å². The summed E-state index contributed by atoms with van der Waals surface area (Å²) in [5.74, 6) is 5.26. The molecular formula is C11H15N7O. The molecule has 0 aromatic carbocycles. The summed E-state index contributed by atoms with van der Waals surface area (Å²) >= 11 is 0. The molecule has 0 aliphatic carbocycles. The monoisotopic (exact) mass is 261 g/mol. The number of anilines is 1. The molecule has 4 N–H and O–H groups in total. The van der Waals surface area contributed by atoms with Gasteiger partial charge in [-0.05, 0) is 6.92 Å². The fourth-order valence-corrected chi connectivity index (χ4v) is 1.60. The molecule has 0 fully saturated rings. The molecule has 1 unspecified atom stereocenters. The van der Waals surface area contributed by atoms with Crippen molar-refractivity contribution >= 4 is 11.7 Å². The maximum Gasteiger partial charge on any atom is 0.271 e. The van der Waals surface area contributed by atoms with Gasteiger partial charge in [-0.25, -0.2) is 15.8 Å². The molecule has 0 saturated carbocycles. The molecular weight excluding hydrogens is 246 g/mol. The summed E-state index contributed by atoms with van der Waals surface area (Å²) < 4.78 is 1.88. The van der Waals surface area contributed by atoms with Crippen LogP contribution in [0, 0.1) is 0 Å². The zero-order chi connectivity index (χ0) is 13.7. The van der Waals surface area contributed by atoms with Crippen LogP contribution in [0.15, 0.2) is 31.1 Å². The maximum atomic E-state index is 11.9. The Hall–Kier alpha value is -2.48. The smallest absolute Gasteiger partial charge is 0.271 e. The molecule has 0 bridgehead atoms. The standard InChI is InChI=1S/C11H15N7O/c1-8(6-18-3-2-13-7-18)15-11(19)9-4-14-5-10(16-9)17-12/h2-5,7-8H,6,12H2,1H3,(H,15,19)(H,16,17). The summed E-state index contributed by atoms with van der Waals surface area (Å²) in [5.41, 5.74) is 2.56. The van der Waals surface area contributed by atoms with E-state index in [2.05, 4.69) is 25.7 Å². The number of carbonyl (C=O) groups is 1. The van der Waals surface area contributed by atoms with Crippen LogP contribution < -0.4 is 16.6 Å². The second-order valence-electron chi connectivity index (χ2n) is 4.07. The lowest BCUT2D eigenvalue weighted by molar-refractivity contribution is 0.0931. The topological polar surface area (TPSA) is 111 Å². The van der Waals surface area contributed by atoms with Gasteiger partial charge in [0, 0.05) is 25.0 Å². The molecule has 2 aromatic rings. The Morgan fingerprint density at radius 3 is 3.00 bits per heavy atom. The predicted octanol–water partition coefficient (Wildman–Crippen LogP) is -0.223. The van der Waals surface area contributed by atoms with E-state index in [4.69, 9.17) is 5.84 Å². The fourth-order valence-electron chi connectivity index (χ4n) is 1.60. The number of nitrogens with one attached hydrogen (secondary N) is 2. The van der Waals surface area contributed by atoms with Gasteiger partial charge in [0.1, 0.15) is 5.69 Å². The van der Waals surface area contributed by atoms with Crippen molar-refractivity contribution in [2.45, 2.75) is 19.5 Å². The van der Waals surface area contributed by atoms with E-state index in [-0.39, 0.29) is 17.6 Å². The van der Waals surface area contributed by atoms with E-state index in [0.717, 1.165) is 0 Å². The van der Waals surface area contributed by atoms with E-state index in [1.807, 2.05) is 17.7 Å². The predicted molar refractivity (Wildman–Crippen MR) is 69.0 cm³/mol. The number of aromatic nitrogens is 4. The lowest BCUT2D eigenvalue weighted by Crippen LogP contribution is -2.36. The van der Waals surface area contributed by atoms with E-state index in [0.29, 0.717) is 12.4 Å². The Kier molecular flexibility index (Phi) is 4.04. The van der Waals surface area contributed by atoms with Crippen LogP contribution in [-0.2, 0) is 6.54 Å². The Morgan fingerprint density at radius 2 is 2.32 bits per heavy atom. The van der Waals surface area contributed by atoms with Crippen LogP contribution in [-0.4, -0.2) is 31.5 Å². The number of imidazole rings is 1. The zero-order valence-corrected chi connectivity index (χ0v) is 10.4. The summed E-state index contributed by atoms with van der Waals surface area (Å²) in [4.78, 5) is 23.8. The average molecular weight is 261 g/mol. The van der Waals surface area contributed by atoms with Gasteiger partial charge < -0.3 is 15.3 Å². The summed E-state index contributed by atoms with van der Waals surface area (Å²) in [6.45, 7) is 2.53. The summed E-state index contributed by atoms with van der Waals surface area (Å²) in [5, 5.41) is 2.83. The van der Waals surface area contributed by atoms with E-state index in [9.17, 15) is 4.79 Å². The Balaban J connectivity index is 1.96. The largest absolute Gasteiger partial charge is 0.346 e. The molecule has 8 heteroatoms. The minimum Gasteiger partial charge on any atom is -0.346 e. The third-order valence-corrected chi connectivity index (χ3v) is 2.44. The van der Waals surface area contributed by atoms with Crippen LogP contribution in [0.25, 0.3) is 0 Å². The first kappa shape index (κ1) is 13.0. The minimum atomic E-state index is -0.294. The Bertz CT molecular complexity index is 540. The third-order valence-electron chi connectivity index (χ3n) is 2.44. The van der Waals surface area contributed by atoms with Crippen molar-refractivity contribution in [2.75, 3.05) is 5.43 Å². The van der Waals surface area contributed by atoms with Crippen molar-refractivity contribution in [3.05, 3.63) is 36.8 Å². The number of amides is 1. The molecule has 19 heavy (non-hydrogen) atoms. The normalized spacial score (nSPS) is 11.9. The van der Waals surface area contributed by atoms with Gasteiger partial charge in [-0.2, -0.15) is 0 Å². The summed E-state index contributed by atoms with van der Waals surface area (Å²) in [6.07, 6.45) is 8.05. The van der Waals surface area contributed by atoms with E-state index in [1.165, 1.54) is 12.4 Å². The van der Waals surface area contributed by atoms with Crippen LogP contribution in [0.1, 0.15) is 17.4 Å². The first-order chi connectivity index (χ1) is 9.19. The lowest BCUT2D eigenvalue weighted by Gasteiger charge is -2.14. The van der Waals surface area contributed by atoms with Crippen molar-refractivity contribution in [3.63, 3.8) is 0 Å². The quantitative estimate of drug-likeness (QED) is 0.507. The highest BCUT2D eigenvalue weighted by atomic mass is 16.1. The number of hydrogen-bond acceptors (Lipinski definition) is 6. The Labute approximate surface area is 110 Å². The van der Waals surface area contributed by atoms with Gasteiger partial charge in [-0.3, -0.25) is 9.78 Å². The van der Waals surface area contributed by atoms with E-state index >= 15 is 0 Å². The van der Waals surface area contributed by atoms with E-state index < -0.39 is 0 Å². The molecule has 0 spiro atoms. The number of nitrogens with zero attached hydrogens (tertiary/aromatic N) is 4. The number of nitrogens with two attached hydrogens (primary N) is 1. The van der Waals surface area contributed by atoms with E-state index in [1.54, 1.807) is 12.5 Å². The van der Waals surface area contributed by atoms with Crippen LogP contribution in [0.4, 0.5) is 5.82 Å². The van der Waals surface area contributed by atoms with Gasteiger partial charge in [0.15, 0.2) is 5.82 Å². The van der Waals surface area contributed by atoms with Crippen molar-refractivity contribution in [2.24, 2.45) is 5.84 Å². The summed E-state index contributed by atoms with van der Waals surface area (Å²) in [6, 6.07) is -0.0574. The number of hydrazine groups is 1. The van der Waals surface area contributed by atoms with Crippen LogP contribution in [0.2, 0.25) is 0 Å².